The van der Waals surface area contributed by atoms with Crippen LogP contribution in [0.2, 0.25) is 0 Å². The fraction of sp³-hybridized carbons (Fsp3) is 0.421. The number of ether oxygens (including phenoxy) is 3. The SMILES string of the molecule is Cc1ccc(OCc2ccccc2)c(COC2CCCCO2)n1. The van der Waals surface area contributed by atoms with Crippen LogP contribution < -0.4 is 4.74 Å². The summed E-state index contributed by atoms with van der Waals surface area (Å²) in [5, 5.41) is 0. The van der Waals surface area contributed by atoms with Gasteiger partial charge in [0.1, 0.15) is 18.1 Å². The summed E-state index contributed by atoms with van der Waals surface area (Å²) in [4.78, 5) is 4.56. The number of nitrogens with zero attached hydrogens (tertiary/aromatic N) is 1. The van der Waals surface area contributed by atoms with E-state index in [4.69, 9.17) is 14.2 Å². The van der Waals surface area contributed by atoms with E-state index in [2.05, 4.69) is 4.98 Å². The number of aryl methyl sites for hydroxylation is 1. The molecule has 3 rings (SSSR count). The first-order chi connectivity index (χ1) is 11.3. The monoisotopic (exact) mass is 313 g/mol. The van der Waals surface area contributed by atoms with Crippen LogP contribution in [-0.4, -0.2) is 17.9 Å². The lowest BCUT2D eigenvalue weighted by molar-refractivity contribution is -0.169. The molecule has 1 aliphatic rings. The van der Waals surface area contributed by atoms with E-state index in [0.717, 1.165) is 48.6 Å². The highest BCUT2D eigenvalue weighted by Crippen LogP contribution is 2.22. The zero-order chi connectivity index (χ0) is 15.9. The summed E-state index contributed by atoms with van der Waals surface area (Å²) in [5.41, 5.74) is 2.92. The largest absolute Gasteiger partial charge is 0.487 e. The number of hydrogen-bond donors (Lipinski definition) is 0. The molecule has 4 nitrogen and oxygen atoms in total. The van der Waals surface area contributed by atoms with Gasteiger partial charge in [-0.15, -0.1) is 0 Å². The lowest BCUT2D eigenvalue weighted by atomic mass is 10.2. The van der Waals surface area contributed by atoms with E-state index in [1.54, 1.807) is 0 Å². The van der Waals surface area contributed by atoms with Crippen LogP contribution in [0.4, 0.5) is 0 Å². The first kappa shape index (κ1) is 16.0. The predicted molar refractivity (Wildman–Crippen MR) is 88.1 cm³/mol. The third kappa shape index (κ3) is 4.78. The molecule has 0 spiro atoms. The van der Waals surface area contributed by atoms with Crippen molar-refractivity contribution in [1.82, 2.24) is 4.98 Å². The lowest BCUT2D eigenvalue weighted by Gasteiger charge is -2.23. The molecule has 0 N–H and O–H groups in total. The van der Waals surface area contributed by atoms with Crippen LogP contribution in [0.3, 0.4) is 0 Å². The Balaban J connectivity index is 1.62. The number of aromatic nitrogens is 1. The van der Waals surface area contributed by atoms with Crippen molar-refractivity contribution in [3.63, 3.8) is 0 Å². The van der Waals surface area contributed by atoms with Crippen LogP contribution in [0.15, 0.2) is 42.5 Å². The van der Waals surface area contributed by atoms with Gasteiger partial charge in [0.25, 0.3) is 0 Å². The third-order valence-electron chi connectivity index (χ3n) is 3.85. The minimum atomic E-state index is -0.118. The fourth-order valence-electron chi connectivity index (χ4n) is 2.58. The molecule has 1 atom stereocenters. The zero-order valence-electron chi connectivity index (χ0n) is 13.5. The van der Waals surface area contributed by atoms with Gasteiger partial charge in [0, 0.05) is 12.3 Å². The van der Waals surface area contributed by atoms with Gasteiger partial charge in [-0.2, -0.15) is 0 Å². The van der Waals surface area contributed by atoms with Crippen molar-refractivity contribution in [3.05, 3.63) is 59.4 Å². The standard InChI is InChI=1S/C19H23NO3/c1-15-10-11-18(22-13-16-7-3-2-4-8-16)17(20-15)14-23-19-9-5-6-12-21-19/h2-4,7-8,10-11,19H,5-6,9,12-14H2,1H3. The summed E-state index contributed by atoms with van der Waals surface area (Å²) in [7, 11) is 0. The summed E-state index contributed by atoms with van der Waals surface area (Å²) < 4.78 is 17.4. The first-order valence-electron chi connectivity index (χ1n) is 8.18. The lowest BCUT2D eigenvalue weighted by Crippen LogP contribution is -2.22. The molecule has 0 saturated carbocycles. The number of benzene rings is 1. The van der Waals surface area contributed by atoms with E-state index in [-0.39, 0.29) is 6.29 Å². The second-order valence-corrected chi connectivity index (χ2v) is 5.78. The van der Waals surface area contributed by atoms with E-state index in [1.165, 1.54) is 0 Å². The molecule has 0 bridgehead atoms. The second kappa shape index (κ2) is 8.09. The van der Waals surface area contributed by atoms with Crippen molar-refractivity contribution in [1.29, 1.82) is 0 Å². The highest BCUT2D eigenvalue weighted by atomic mass is 16.7. The quantitative estimate of drug-likeness (QED) is 0.808. The van der Waals surface area contributed by atoms with Gasteiger partial charge in [0.2, 0.25) is 0 Å². The maximum Gasteiger partial charge on any atom is 0.158 e. The normalized spacial score (nSPS) is 17.9. The molecule has 23 heavy (non-hydrogen) atoms. The van der Waals surface area contributed by atoms with E-state index in [1.807, 2.05) is 49.4 Å². The molecule has 1 aromatic heterocycles. The average Bonchev–Trinajstić information content (AvgIpc) is 2.61. The van der Waals surface area contributed by atoms with Crippen LogP contribution in [0, 0.1) is 6.92 Å². The van der Waals surface area contributed by atoms with Crippen molar-refractivity contribution < 1.29 is 14.2 Å². The molecule has 2 heterocycles. The summed E-state index contributed by atoms with van der Waals surface area (Å²) in [6.07, 6.45) is 3.11. The molecular weight excluding hydrogens is 290 g/mol. The number of rotatable bonds is 6. The Morgan fingerprint density at radius 3 is 2.74 bits per heavy atom. The molecule has 4 heteroatoms. The molecule has 0 amide bonds. The van der Waals surface area contributed by atoms with Crippen molar-refractivity contribution in [2.24, 2.45) is 0 Å². The molecule has 1 saturated heterocycles. The molecule has 0 radical (unpaired) electrons. The smallest absolute Gasteiger partial charge is 0.158 e. The summed E-state index contributed by atoms with van der Waals surface area (Å²) >= 11 is 0. The fourth-order valence-corrected chi connectivity index (χ4v) is 2.58. The predicted octanol–water partition coefficient (Wildman–Crippen LogP) is 4.01. The summed E-state index contributed by atoms with van der Waals surface area (Å²) in [5.74, 6) is 0.773. The zero-order valence-corrected chi connectivity index (χ0v) is 13.5. The summed E-state index contributed by atoms with van der Waals surface area (Å²) in [6.45, 7) is 3.69. The van der Waals surface area contributed by atoms with Gasteiger partial charge >= 0.3 is 0 Å². The first-order valence-corrected chi connectivity index (χ1v) is 8.18. The Hall–Kier alpha value is -1.91. The van der Waals surface area contributed by atoms with Crippen molar-refractivity contribution in [2.45, 2.75) is 45.7 Å². The van der Waals surface area contributed by atoms with Crippen LogP contribution in [0.5, 0.6) is 5.75 Å². The molecule has 1 fully saturated rings. The second-order valence-electron chi connectivity index (χ2n) is 5.78. The average molecular weight is 313 g/mol. The maximum atomic E-state index is 5.93. The van der Waals surface area contributed by atoms with Crippen LogP contribution >= 0.6 is 0 Å². The molecule has 1 unspecified atom stereocenters. The number of hydrogen-bond acceptors (Lipinski definition) is 4. The summed E-state index contributed by atoms with van der Waals surface area (Å²) in [6, 6.07) is 14.0. The van der Waals surface area contributed by atoms with Gasteiger partial charge in [0.15, 0.2) is 6.29 Å². The Morgan fingerprint density at radius 1 is 1.09 bits per heavy atom. The topological polar surface area (TPSA) is 40.6 Å². The highest BCUT2D eigenvalue weighted by molar-refractivity contribution is 5.29. The Kier molecular flexibility index (Phi) is 5.61. The van der Waals surface area contributed by atoms with E-state index < -0.39 is 0 Å². The van der Waals surface area contributed by atoms with Crippen molar-refractivity contribution in [2.75, 3.05) is 6.61 Å². The van der Waals surface area contributed by atoms with E-state index >= 15 is 0 Å². The van der Waals surface area contributed by atoms with Gasteiger partial charge in [-0.25, -0.2) is 0 Å². The van der Waals surface area contributed by atoms with Crippen molar-refractivity contribution >= 4 is 0 Å². The van der Waals surface area contributed by atoms with E-state index in [9.17, 15) is 0 Å². The molecule has 122 valence electrons. The van der Waals surface area contributed by atoms with E-state index in [0.29, 0.717) is 13.2 Å². The van der Waals surface area contributed by atoms with Crippen LogP contribution in [0.1, 0.15) is 36.2 Å². The Morgan fingerprint density at radius 2 is 1.96 bits per heavy atom. The van der Waals surface area contributed by atoms with Crippen LogP contribution in [0.25, 0.3) is 0 Å². The minimum Gasteiger partial charge on any atom is -0.487 e. The van der Waals surface area contributed by atoms with Gasteiger partial charge < -0.3 is 14.2 Å². The number of pyridine rings is 1. The molecule has 1 aliphatic heterocycles. The molecule has 0 aliphatic carbocycles. The molecular formula is C19H23NO3. The third-order valence-corrected chi connectivity index (χ3v) is 3.85. The molecule has 2 aromatic rings. The van der Waals surface area contributed by atoms with Crippen molar-refractivity contribution in [3.8, 4) is 5.75 Å². The van der Waals surface area contributed by atoms with Gasteiger partial charge in [-0.3, -0.25) is 4.98 Å². The Labute approximate surface area is 137 Å². The van der Waals surface area contributed by atoms with Crippen LogP contribution in [-0.2, 0) is 22.7 Å². The van der Waals surface area contributed by atoms with Gasteiger partial charge in [-0.05, 0) is 43.9 Å². The minimum absolute atomic E-state index is 0.118. The molecule has 1 aromatic carbocycles. The highest BCUT2D eigenvalue weighted by Gasteiger charge is 2.16. The Bertz CT molecular complexity index is 609. The van der Waals surface area contributed by atoms with Gasteiger partial charge in [0.05, 0.1) is 6.61 Å². The van der Waals surface area contributed by atoms with Gasteiger partial charge in [-0.1, -0.05) is 30.3 Å². The maximum absolute atomic E-state index is 5.93.